The summed E-state index contributed by atoms with van der Waals surface area (Å²) in [6.45, 7) is 0.427. The van der Waals surface area contributed by atoms with Crippen LogP contribution in [0.15, 0.2) is 59.6 Å². The van der Waals surface area contributed by atoms with Crippen molar-refractivity contribution in [2.24, 2.45) is 5.92 Å². The second kappa shape index (κ2) is 7.33. The van der Waals surface area contributed by atoms with Crippen LogP contribution in [0.5, 0.6) is 0 Å². The molecule has 1 N–H and O–H groups in total. The molecular weight excluding hydrogens is 402 g/mol. The molecule has 8 heteroatoms. The van der Waals surface area contributed by atoms with Crippen molar-refractivity contribution in [2.75, 3.05) is 13.2 Å². The Kier molecular flexibility index (Phi) is 5.01. The zero-order chi connectivity index (χ0) is 19.9. The minimum absolute atomic E-state index is 0.0959. The van der Waals surface area contributed by atoms with Crippen molar-refractivity contribution in [3.8, 4) is 0 Å². The number of hydrogen-bond acceptors (Lipinski definition) is 5. The highest BCUT2D eigenvalue weighted by Gasteiger charge is 2.33. The number of halogens is 1. The minimum atomic E-state index is -3.89. The van der Waals surface area contributed by atoms with Gasteiger partial charge in [0.05, 0.1) is 35.6 Å². The fraction of sp³-hybridized carbons (Fsp3) is 0.250. The van der Waals surface area contributed by atoms with Gasteiger partial charge < -0.3 is 9.84 Å². The number of aliphatic hydroxyl groups is 1. The molecule has 0 saturated carbocycles. The van der Waals surface area contributed by atoms with Crippen molar-refractivity contribution in [3.63, 3.8) is 0 Å². The van der Waals surface area contributed by atoms with Crippen molar-refractivity contribution in [1.29, 1.82) is 0 Å². The van der Waals surface area contributed by atoms with E-state index in [9.17, 15) is 18.3 Å². The molecule has 0 radical (unpaired) electrons. The van der Waals surface area contributed by atoms with Crippen LogP contribution in [0.2, 0.25) is 5.02 Å². The Bertz CT molecular complexity index is 1140. The molecule has 0 bridgehead atoms. The van der Waals surface area contributed by atoms with E-state index in [0.29, 0.717) is 28.1 Å². The van der Waals surface area contributed by atoms with Crippen molar-refractivity contribution in [2.45, 2.75) is 17.4 Å². The average Bonchev–Trinajstić information content (AvgIpc) is 3.08. The molecule has 2 aromatic carbocycles. The van der Waals surface area contributed by atoms with Crippen molar-refractivity contribution < 1.29 is 23.1 Å². The van der Waals surface area contributed by atoms with Gasteiger partial charge in [-0.3, -0.25) is 4.79 Å². The molecule has 3 aromatic rings. The van der Waals surface area contributed by atoms with E-state index in [1.165, 1.54) is 18.3 Å². The molecule has 1 saturated heterocycles. The predicted octanol–water partition coefficient (Wildman–Crippen LogP) is 3.17. The Hall–Kier alpha value is -2.19. The van der Waals surface area contributed by atoms with Gasteiger partial charge in [0, 0.05) is 28.6 Å². The van der Waals surface area contributed by atoms with Crippen molar-refractivity contribution >= 4 is 38.3 Å². The van der Waals surface area contributed by atoms with E-state index in [1.807, 2.05) is 0 Å². The van der Waals surface area contributed by atoms with Crippen LogP contribution in [0.1, 0.15) is 18.1 Å². The lowest BCUT2D eigenvalue weighted by atomic mass is 9.90. The summed E-state index contributed by atoms with van der Waals surface area (Å²) < 4.78 is 32.8. The maximum Gasteiger partial charge on any atom is 0.268 e. The number of nitrogens with zero attached hydrogens (tertiary/aromatic N) is 1. The van der Waals surface area contributed by atoms with Gasteiger partial charge in [-0.2, -0.15) is 0 Å². The molecule has 2 heterocycles. The Morgan fingerprint density at radius 2 is 1.93 bits per heavy atom. The van der Waals surface area contributed by atoms with Gasteiger partial charge in [0.25, 0.3) is 10.0 Å². The maximum atomic E-state index is 13.2. The lowest BCUT2D eigenvalue weighted by molar-refractivity contribution is -0.136. The molecule has 28 heavy (non-hydrogen) atoms. The average molecular weight is 420 g/mol. The van der Waals surface area contributed by atoms with Gasteiger partial charge in [-0.15, -0.1) is 0 Å². The first-order chi connectivity index (χ1) is 13.4. The minimum Gasteiger partial charge on any atom is -0.387 e. The zero-order valence-electron chi connectivity index (χ0n) is 14.8. The second-order valence-electron chi connectivity index (χ2n) is 6.70. The third-order valence-corrected chi connectivity index (χ3v) is 6.89. The van der Waals surface area contributed by atoms with E-state index in [1.54, 1.807) is 36.4 Å². The van der Waals surface area contributed by atoms with Crippen LogP contribution >= 0.6 is 11.6 Å². The van der Waals surface area contributed by atoms with Gasteiger partial charge in [-0.25, -0.2) is 12.4 Å². The van der Waals surface area contributed by atoms with Gasteiger partial charge in [-0.1, -0.05) is 29.8 Å². The van der Waals surface area contributed by atoms with Crippen molar-refractivity contribution in [3.05, 3.63) is 65.3 Å². The third kappa shape index (κ3) is 3.24. The standard InChI is InChI=1S/C20H18ClNO5S/c21-13-6-7-18-15(10-13)16(20(24)17-12-27-9-8-19(17)23)11-22(18)28(25,26)14-4-2-1-3-5-14/h1-7,10-11,17,20,24H,8-9,12H2/t17-,20+/m1/s1. The van der Waals surface area contributed by atoms with Crippen LogP contribution < -0.4 is 0 Å². The van der Waals surface area contributed by atoms with Crippen LogP contribution in [-0.4, -0.2) is 36.5 Å². The first-order valence-corrected chi connectivity index (χ1v) is 10.6. The van der Waals surface area contributed by atoms with Gasteiger partial charge >= 0.3 is 0 Å². The van der Waals surface area contributed by atoms with E-state index in [0.717, 1.165) is 3.97 Å². The predicted molar refractivity (Wildman–Crippen MR) is 105 cm³/mol. The summed E-state index contributed by atoms with van der Waals surface area (Å²) in [5, 5.41) is 11.8. The number of benzene rings is 2. The molecule has 1 aliphatic rings. The largest absolute Gasteiger partial charge is 0.387 e. The van der Waals surface area contributed by atoms with Gasteiger partial charge in [0.1, 0.15) is 5.78 Å². The number of fused-ring (bicyclic) bond motifs is 1. The molecule has 1 fully saturated rings. The lowest BCUT2D eigenvalue weighted by Crippen LogP contribution is -2.32. The Morgan fingerprint density at radius 3 is 2.64 bits per heavy atom. The highest BCUT2D eigenvalue weighted by molar-refractivity contribution is 7.90. The highest BCUT2D eigenvalue weighted by atomic mass is 35.5. The first-order valence-electron chi connectivity index (χ1n) is 8.79. The van der Waals surface area contributed by atoms with Crippen LogP contribution in [-0.2, 0) is 19.6 Å². The van der Waals surface area contributed by atoms with E-state index >= 15 is 0 Å². The first kappa shape index (κ1) is 19.1. The molecule has 0 spiro atoms. The molecule has 0 amide bonds. The number of hydrogen-bond donors (Lipinski definition) is 1. The highest BCUT2D eigenvalue weighted by Crippen LogP contribution is 2.36. The molecular formula is C20H18ClNO5S. The summed E-state index contributed by atoms with van der Waals surface area (Å²) in [5.41, 5.74) is 0.715. The second-order valence-corrected chi connectivity index (χ2v) is 8.95. The molecule has 0 aliphatic carbocycles. The molecule has 6 nitrogen and oxygen atoms in total. The van der Waals surface area contributed by atoms with E-state index in [4.69, 9.17) is 16.3 Å². The molecule has 4 rings (SSSR count). The van der Waals surface area contributed by atoms with Gasteiger partial charge in [-0.05, 0) is 30.3 Å². The molecule has 2 atom stereocenters. The summed E-state index contributed by atoms with van der Waals surface area (Å²) >= 11 is 6.12. The molecule has 146 valence electrons. The molecule has 0 unspecified atom stereocenters. The number of carbonyl (C=O) groups excluding carboxylic acids is 1. The van der Waals surface area contributed by atoms with Crippen LogP contribution in [0.25, 0.3) is 10.9 Å². The summed E-state index contributed by atoms with van der Waals surface area (Å²) in [7, 11) is -3.89. The molecule has 1 aromatic heterocycles. The smallest absolute Gasteiger partial charge is 0.268 e. The van der Waals surface area contributed by atoms with Crippen molar-refractivity contribution in [1.82, 2.24) is 3.97 Å². The zero-order valence-corrected chi connectivity index (χ0v) is 16.4. The maximum absolute atomic E-state index is 13.2. The number of ketones is 1. The third-order valence-electron chi connectivity index (χ3n) is 4.97. The Balaban J connectivity index is 1.89. The van der Waals surface area contributed by atoms with Crippen LogP contribution in [0.4, 0.5) is 0 Å². The summed E-state index contributed by atoms with van der Waals surface area (Å²) in [6.07, 6.45) is 0.403. The number of aromatic nitrogens is 1. The van der Waals surface area contributed by atoms with E-state index in [-0.39, 0.29) is 23.7 Å². The topological polar surface area (TPSA) is 85.6 Å². The summed E-state index contributed by atoms with van der Waals surface area (Å²) in [5.74, 6) is -0.848. The fourth-order valence-corrected chi connectivity index (χ4v) is 5.05. The number of Topliss-reactive ketones (excluding diaryl/α,β-unsaturated/α-hetero) is 1. The number of aliphatic hydroxyl groups excluding tert-OH is 1. The lowest BCUT2D eigenvalue weighted by Gasteiger charge is -2.25. The quantitative estimate of drug-likeness (QED) is 0.702. The number of ether oxygens (including phenoxy) is 1. The number of carbonyl (C=O) groups is 1. The summed E-state index contributed by atoms with van der Waals surface area (Å²) in [6, 6.07) is 12.8. The normalized spacial score (nSPS) is 19.1. The van der Waals surface area contributed by atoms with Gasteiger partial charge in [0.15, 0.2) is 0 Å². The Labute approximate surface area is 167 Å². The van der Waals surface area contributed by atoms with Gasteiger partial charge in [0.2, 0.25) is 0 Å². The van der Waals surface area contributed by atoms with Crippen LogP contribution in [0.3, 0.4) is 0 Å². The molecule has 1 aliphatic heterocycles. The monoisotopic (exact) mass is 419 g/mol. The number of rotatable bonds is 4. The Morgan fingerprint density at radius 1 is 1.18 bits per heavy atom. The van der Waals surface area contributed by atoms with E-state index < -0.39 is 22.0 Å². The fourth-order valence-electron chi connectivity index (χ4n) is 3.48. The summed E-state index contributed by atoms with van der Waals surface area (Å²) in [4.78, 5) is 12.4. The van der Waals surface area contributed by atoms with Crippen LogP contribution in [0, 0.1) is 5.92 Å². The SMILES string of the molecule is O=C1CCOC[C@H]1[C@@H](O)c1cn(S(=O)(=O)c2ccccc2)c2ccc(Cl)cc12. The van der Waals surface area contributed by atoms with E-state index in [2.05, 4.69) is 0 Å².